The monoisotopic (exact) mass is 326 g/mol. The third-order valence-electron chi connectivity index (χ3n) is 3.36. The van der Waals surface area contributed by atoms with Gasteiger partial charge in [0.25, 0.3) is 0 Å². The zero-order valence-electron chi connectivity index (χ0n) is 13.6. The Hall–Kier alpha value is -2.15. The molecule has 0 saturated heterocycles. The third kappa shape index (κ3) is 6.23. The van der Waals surface area contributed by atoms with Crippen LogP contribution in [0.3, 0.4) is 0 Å². The highest BCUT2D eigenvalue weighted by molar-refractivity contribution is 5.73. The molecule has 1 unspecified atom stereocenters. The Morgan fingerprint density at radius 1 is 1.43 bits per heavy atom. The summed E-state index contributed by atoms with van der Waals surface area (Å²) in [5, 5.41) is 11.8. The average molecular weight is 326 g/mol. The van der Waals surface area contributed by atoms with Gasteiger partial charge in [-0.05, 0) is 31.5 Å². The lowest BCUT2D eigenvalue weighted by atomic mass is 10.1. The number of aliphatic carboxylic acids is 1. The second-order valence-corrected chi connectivity index (χ2v) is 5.17. The summed E-state index contributed by atoms with van der Waals surface area (Å²) in [5.41, 5.74) is 0.641. The molecular weight excluding hydrogens is 303 g/mol. The summed E-state index contributed by atoms with van der Waals surface area (Å²) in [6.07, 6.45) is 0. The SMILES string of the molecule is CCOc1ccc(CN(CCNC(C)=O)C(C)C(=O)O)cc1F. The van der Waals surface area contributed by atoms with Crippen LogP contribution in [0.5, 0.6) is 5.75 Å². The molecule has 0 saturated carbocycles. The van der Waals surface area contributed by atoms with Crippen molar-refractivity contribution in [3.8, 4) is 5.75 Å². The van der Waals surface area contributed by atoms with Gasteiger partial charge in [-0.15, -0.1) is 0 Å². The Morgan fingerprint density at radius 3 is 2.65 bits per heavy atom. The fourth-order valence-corrected chi connectivity index (χ4v) is 2.09. The van der Waals surface area contributed by atoms with Gasteiger partial charge in [0.05, 0.1) is 6.61 Å². The summed E-state index contributed by atoms with van der Waals surface area (Å²) in [4.78, 5) is 23.8. The maximum absolute atomic E-state index is 13.9. The molecule has 23 heavy (non-hydrogen) atoms. The zero-order valence-corrected chi connectivity index (χ0v) is 13.6. The first-order valence-electron chi connectivity index (χ1n) is 7.47. The summed E-state index contributed by atoms with van der Waals surface area (Å²) in [6, 6.07) is 3.82. The molecule has 1 aromatic rings. The van der Waals surface area contributed by atoms with Crippen LogP contribution >= 0.6 is 0 Å². The number of hydrogen-bond acceptors (Lipinski definition) is 4. The molecule has 0 aromatic heterocycles. The molecule has 0 aliphatic heterocycles. The number of carbonyl (C=O) groups is 2. The molecule has 1 atom stereocenters. The Labute approximate surface area is 135 Å². The molecule has 0 heterocycles. The standard InChI is InChI=1S/C16H23FN2O4/c1-4-23-15-6-5-13(9-14(15)17)10-19(11(2)16(21)22)8-7-18-12(3)20/h5-6,9,11H,4,7-8,10H2,1-3H3,(H,18,20)(H,21,22). The lowest BCUT2D eigenvalue weighted by Crippen LogP contribution is -2.42. The van der Waals surface area contributed by atoms with Crippen molar-refractivity contribution < 1.29 is 23.8 Å². The van der Waals surface area contributed by atoms with Crippen LogP contribution < -0.4 is 10.1 Å². The van der Waals surface area contributed by atoms with Gasteiger partial charge in [-0.3, -0.25) is 14.5 Å². The second kappa shape index (κ2) is 9.09. The number of carboxylic acids is 1. The Morgan fingerprint density at radius 2 is 2.13 bits per heavy atom. The van der Waals surface area contributed by atoms with Gasteiger partial charge in [0, 0.05) is 26.6 Å². The number of benzene rings is 1. The second-order valence-electron chi connectivity index (χ2n) is 5.17. The van der Waals surface area contributed by atoms with Crippen molar-refractivity contribution in [3.05, 3.63) is 29.6 Å². The Balaban J connectivity index is 2.80. The van der Waals surface area contributed by atoms with Crippen LogP contribution in [0.15, 0.2) is 18.2 Å². The molecule has 7 heteroatoms. The summed E-state index contributed by atoms with van der Waals surface area (Å²) >= 11 is 0. The van der Waals surface area contributed by atoms with E-state index >= 15 is 0 Å². The van der Waals surface area contributed by atoms with E-state index in [2.05, 4.69) is 5.32 Å². The minimum absolute atomic E-state index is 0.173. The van der Waals surface area contributed by atoms with Crippen molar-refractivity contribution in [3.63, 3.8) is 0 Å². The predicted octanol–water partition coefficient (Wildman–Crippen LogP) is 1.64. The number of amides is 1. The number of carbonyl (C=O) groups excluding carboxylic acids is 1. The largest absolute Gasteiger partial charge is 0.491 e. The average Bonchev–Trinajstić information content (AvgIpc) is 2.48. The van der Waals surface area contributed by atoms with Gasteiger partial charge in [0.2, 0.25) is 5.91 Å². The minimum Gasteiger partial charge on any atom is -0.491 e. The molecule has 1 amide bonds. The fourth-order valence-electron chi connectivity index (χ4n) is 2.09. The van der Waals surface area contributed by atoms with Crippen LogP contribution in [0, 0.1) is 5.82 Å². The molecule has 0 bridgehead atoms. The molecular formula is C16H23FN2O4. The first-order chi connectivity index (χ1) is 10.8. The van der Waals surface area contributed by atoms with Gasteiger partial charge in [-0.1, -0.05) is 6.07 Å². The summed E-state index contributed by atoms with van der Waals surface area (Å²) in [5.74, 6) is -1.46. The number of rotatable bonds is 9. The van der Waals surface area contributed by atoms with Crippen LogP contribution in [0.2, 0.25) is 0 Å². The lowest BCUT2D eigenvalue weighted by Gasteiger charge is -2.26. The normalized spacial score (nSPS) is 12.0. The van der Waals surface area contributed by atoms with Gasteiger partial charge in [-0.25, -0.2) is 4.39 Å². The van der Waals surface area contributed by atoms with E-state index in [0.29, 0.717) is 25.3 Å². The summed E-state index contributed by atoms with van der Waals surface area (Å²) < 4.78 is 19.0. The maximum atomic E-state index is 13.9. The lowest BCUT2D eigenvalue weighted by molar-refractivity contribution is -0.142. The van der Waals surface area contributed by atoms with Crippen LogP contribution in [0.1, 0.15) is 26.3 Å². The van der Waals surface area contributed by atoms with Crippen molar-refractivity contribution in [2.45, 2.75) is 33.4 Å². The smallest absolute Gasteiger partial charge is 0.320 e. The van der Waals surface area contributed by atoms with Crippen molar-refractivity contribution in [2.75, 3.05) is 19.7 Å². The van der Waals surface area contributed by atoms with E-state index in [-0.39, 0.29) is 18.2 Å². The van der Waals surface area contributed by atoms with Gasteiger partial charge < -0.3 is 15.2 Å². The van der Waals surface area contributed by atoms with Gasteiger partial charge in [0.1, 0.15) is 6.04 Å². The topological polar surface area (TPSA) is 78.9 Å². The number of ether oxygens (including phenoxy) is 1. The highest BCUT2D eigenvalue weighted by atomic mass is 19.1. The van der Waals surface area contributed by atoms with Crippen LogP contribution in [0.25, 0.3) is 0 Å². The van der Waals surface area contributed by atoms with E-state index in [9.17, 15) is 19.1 Å². The molecule has 0 spiro atoms. The molecule has 0 aliphatic rings. The highest BCUT2D eigenvalue weighted by Crippen LogP contribution is 2.19. The number of carboxylic acid groups (broad SMARTS) is 1. The maximum Gasteiger partial charge on any atom is 0.320 e. The van der Waals surface area contributed by atoms with Crippen LogP contribution in [-0.2, 0) is 16.1 Å². The van der Waals surface area contributed by atoms with Crippen LogP contribution in [0.4, 0.5) is 4.39 Å². The first kappa shape index (κ1) is 18.9. The number of halogens is 1. The zero-order chi connectivity index (χ0) is 17.4. The number of nitrogens with one attached hydrogen (secondary N) is 1. The fraction of sp³-hybridized carbons (Fsp3) is 0.500. The molecule has 128 valence electrons. The molecule has 0 radical (unpaired) electrons. The molecule has 2 N–H and O–H groups in total. The molecule has 0 fully saturated rings. The number of hydrogen-bond donors (Lipinski definition) is 2. The van der Waals surface area contributed by atoms with Crippen molar-refractivity contribution >= 4 is 11.9 Å². The summed E-state index contributed by atoms with van der Waals surface area (Å²) in [6.45, 7) is 6.03. The van der Waals surface area contributed by atoms with E-state index in [1.54, 1.807) is 24.8 Å². The van der Waals surface area contributed by atoms with E-state index in [0.717, 1.165) is 0 Å². The van der Waals surface area contributed by atoms with E-state index in [4.69, 9.17) is 4.74 Å². The van der Waals surface area contributed by atoms with Gasteiger partial charge >= 0.3 is 5.97 Å². The highest BCUT2D eigenvalue weighted by Gasteiger charge is 2.21. The van der Waals surface area contributed by atoms with Crippen molar-refractivity contribution in [1.29, 1.82) is 0 Å². The van der Waals surface area contributed by atoms with E-state index in [1.165, 1.54) is 19.1 Å². The van der Waals surface area contributed by atoms with Gasteiger partial charge in [0.15, 0.2) is 11.6 Å². The van der Waals surface area contributed by atoms with E-state index < -0.39 is 17.8 Å². The molecule has 6 nitrogen and oxygen atoms in total. The van der Waals surface area contributed by atoms with Gasteiger partial charge in [-0.2, -0.15) is 0 Å². The molecule has 1 aromatic carbocycles. The number of nitrogens with zero attached hydrogens (tertiary/aromatic N) is 1. The summed E-state index contributed by atoms with van der Waals surface area (Å²) in [7, 11) is 0. The predicted molar refractivity (Wildman–Crippen MR) is 83.8 cm³/mol. The first-order valence-corrected chi connectivity index (χ1v) is 7.47. The van der Waals surface area contributed by atoms with Crippen molar-refractivity contribution in [2.24, 2.45) is 0 Å². The van der Waals surface area contributed by atoms with Crippen LogP contribution in [-0.4, -0.2) is 47.6 Å². The Kier molecular flexibility index (Phi) is 7.47. The Bertz CT molecular complexity index is 551. The quantitative estimate of drug-likeness (QED) is 0.721. The van der Waals surface area contributed by atoms with E-state index in [1.807, 2.05) is 0 Å². The minimum atomic E-state index is -0.973. The van der Waals surface area contributed by atoms with Crippen molar-refractivity contribution in [1.82, 2.24) is 10.2 Å². The molecule has 1 rings (SSSR count). The third-order valence-corrected chi connectivity index (χ3v) is 3.36. The molecule has 0 aliphatic carbocycles.